The van der Waals surface area contributed by atoms with E-state index in [-0.39, 0.29) is 6.61 Å². The van der Waals surface area contributed by atoms with E-state index in [4.69, 9.17) is 14.3 Å². The number of aryl methyl sites for hydroxylation is 2. The van der Waals surface area contributed by atoms with Crippen molar-refractivity contribution < 1.29 is 23.8 Å². The number of carbonyl (C=O) groups is 2. The van der Waals surface area contributed by atoms with Crippen LogP contribution in [0.1, 0.15) is 18.1 Å². The summed E-state index contributed by atoms with van der Waals surface area (Å²) in [4.78, 5) is 33.5. The lowest BCUT2D eigenvalue weighted by Crippen LogP contribution is -2.33. The molecule has 0 fully saturated rings. The third-order valence-corrected chi connectivity index (χ3v) is 3.37. The molecule has 2 rings (SSSR count). The van der Waals surface area contributed by atoms with Gasteiger partial charge in [0.05, 0.1) is 0 Å². The molecular formula is C16H17NO6. The Morgan fingerprint density at radius 3 is 2.74 bits per heavy atom. The standard InChI is InChI=1S/C16H17NO6/c1-3-10-6-15(21)23-16-9(2)12(5-4-11(10)16)22-8-13(18)17-7-14(19)20/h4-6H,3,7-8H2,1-2H3,(H,17,18)(H,19,20). The predicted octanol–water partition coefficient (Wildman–Crippen LogP) is 1.24. The molecule has 1 amide bonds. The van der Waals surface area contributed by atoms with Crippen LogP contribution in [0.3, 0.4) is 0 Å². The largest absolute Gasteiger partial charge is 0.483 e. The van der Waals surface area contributed by atoms with E-state index in [0.29, 0.717) is 23.3 Å². The maximum Gasteiger partial charge on any atom is 0.336 e. The number of carboxylic acids is 1. The van der Waals surface area contributed by atoms with Gasteiger partial charge in [-0.25, -0.2) is 4.79 Å². The first-order valence-corrected chi connectivity index (χ1v) is 7.10. The number of carbonyl (C=O) groups excluding carboxylic acids is 1. The first-order valence-electron chi connectivity index (χ1n) is 7.10. The summed E-state index contributed by atoms with van der Waals surface area (Å²) < 4.78 is 10.6. The van der Waals surface area contributed by atoms with Crippen LogP contribution in [0.4, 0.5) is 0 Å². The number of fused-ring (bicyclic) bond motifs is 1. The number of nitrogens with one attached hydrogen (secondary N) is 1. The second kappa shape index (κ2) is 6.95. The molecule has 0 bridgehead atoms. The van der Waals surface area contributed by atoms with Crippen LogP contribution in [-0.2, 0) is 16.0 Å². The van der Waals surface area contributed by atoms with E-state index in [2.05, 4.69) is 5.32 Å². The molecule has 1 heterocycles. The van der Waals surface area contributed by atoms with Gasteiger partial charge in [-0.3, -0.25) is 9.59 Å². The van der Waals surface area contributed by atoms with Gasteiger partial charge in [0.25, 0.3) is 5.91 Å². The molecule has 1 aromatic carbocycles. The minimum Gasteiger partial charge on any atom is -0.483 e. The van der Waals surface area contributed by atoms with Crippen molar-refractivity contribution in [3.05, 3.63) is 39.7 Å². The Balaban J connectivity index is 2.22. The fraction of sp³-hybridized carbons (Fsp3) is 0.312. The van der Waals surface area contributed by atoms with Gasteiger partial charge >= 0.3 is 11.6 Å². The Hall–Kier alpha value is -2.83. The fourth-order valence-electron chi connectivity index (χ4n) is 2.23. The van der Waals surface area contributed by atoms with Gasteiger partial charge in [-0.1, -0.05) is 6.92 Å². The van der Waals surface area contributed by atoms with E-state index in [9.17, 15) is 14.4 Å². The van der Waals surface area contributed by atoms with E-state index >= 15 is 0 Å². The number of ether oxygens (including phenoxy) is 1. The SMILES string of the molecule is CCc1cc(=O)oc2c(C)c(OCC(=O)NCC(=O)O)ccc12. The van der Waals surface area contributed by atoms with Crippen LogP contribution in [0, 0.1) is 6.92 Å². The molecule has 0 aliphatic heterocycles. The zero-order valence-electron chi connectivity index (χ0n) is 12.8. The molecule has 7 heteroatoms. The molecule has 0 spiro atoms. The van der Waals surface area contributed by atoms with Crippen molar-refractivity contribution in [2.75, 3.05) is 13.2 Å². The van der Waals surface area contributed by atoms with Gasteiger partial charge in [0.1, 0.15) is 17.9 Å². The van der Waals surface area contributed by atoms with E-state index in [1.54, 1.807) is 19.1 Å². The van der Waals surface area contributed by atoms with Crippen LogP contribution in [0.5, 0.6) is 5.75 Å². The molecule has 0 saturated carbocycles. The van der Waals surface area contributed by atoms with Crippen molar-refractivity contribution in [1.82, 2.24) is 5.32 Å². The highest BCUT2D eigenvalue weighted by Crippen LogP contribution is 2.28. The van der Waals surface area contributed by atoms with Gasteiger partial charge in [-0.05, 0) is 31.0 Å². The summed E-state index contributed by atoms with van der Waals surface area (Å²) >= 11 is 0. The van der Waals surface area contributed by atoms with Crippen molar-refractivity contribution in [1.29, 1.82) is 0 Å². The van der Waals surface area contributed by atoms with E-state index in [0.717, 1.165) is 10.9 Å². The van der Waals surface area contributed by atoms with Crippen molar-refractivity contribution in [2.24, 2.45) is 0 Å². The minimum absolute atomic E-state index is 0.322. The number of amides is 1. The Bertz CT molecular complexity index is 808. The van der Waals surface area contributed by atoms with Gasteiger partial charge in [-0.15, -0.1) is 0 Å². The van der Waals surface area contributed by atoms with Crippen molar-refractivity contribution in [3.63, 3.8) is 0 Å². The van der Waals surface area contributed by atoms with E-state index in [1.807, 2.05) is 6.92 Å². The smallest absolute Gasteiger partial charge is 0.336 e. The number of hydrogen-bond donors (Lipinski definition) is 2. The third-order valence-electron chi connectivity index (χ3n) is 3.37. The third kappa shape index (κ3) is 3.88. The van der Waals surface area contributed by atoms with Gasteiger partial charge in [0.15, 0.2) is 6.61 Å². The summed E-state index contributed by atoms with van der Waals surface area (Å²) in [6.45, 7) is 2.89. The van der Waals surface area contributed by atoms with Crippen molar-refractivity contribution in [2.45, 2.75) is 20.3 Å². The number of benzene rings is 1. The van der Waals surface area contributed by atoms with Gasteiger partial charge in [-0.2, -0.15) is 0 Å². The lowest BCUT2D eigenvalue weighted by Gasteiger charge is -2.11. The Kier molecular flexibility index (Phi) is 5.00. The molecule has 7 nitrogen and oxygen atoms in total. The highest BCUT2D eigenvalue weighted by atomic mass is 16.5. The molecule has 0 aliphatic carbocycles. The Morgan fingerprint density at radius 1 is 1.35 bits per heavy atom. The molecule has 2 N–H and O–H groups in total. The van der Waals surface area contributed by atoms with E-state index in [1.165, 1.54) is 6.07 Å². The number of rotatable bonds is 6. The Morgan fingerprint density at radius 2 is 2.09 bits per heavy atom. The molecule has 1 aromatic heterocycles. The van der Waals surface area contributed by atoms with Crippen LogP contribution in [-0.4, -0.2) is 30.1 Å². The molecule has 0 atom stereocenters. The average Bonchev–Trinajstić information content (AvgIpc) is 2.52. The topological polar surface area (TPSA) is 106 Å². The maximum absolute atomic E-state index is 11.6. The van der Waals surface area contributed by atoms with Crippen molar-refractivity contribution in [3.8, 4) is 5.75 Å². The lowest BCUT2D eigenvalue weighted by molar-refractivity contribution is -0.138. The summed E-state index contributed by atoms with van der Waals surface area (Å²) in [5.41, 5.74) is 1.48. The molecule has 0 aliphatic rings. The van der Waals surface area contributed by atoms with Crippen LogP contribution < -0.4 is 15.7 Å². The number of carboxylic acid groups (broad SMARTS) is 1. The minimum atomic E-state index is -1.13. The highest BCUT2D eigenvalue weighted by molar-refractivity contribution is 5.85. The van der Waals surface area contributed by atoms with Crippen LogP contribution in [0.25, 0.3) is 11.0 Å². The molecule has 23 heavy (non-hydrogen) atoms. The summed E-state index contributed by atoms with van der Waals surface area (Å²) in [5.74, 6) is -1.27. The fourth-order valence-corrected chi connectivity index (χ4v) is 2.23. The molecular weight excluding hydrogens is 302 g/mol. The molecule has 0 saturated heterocycles. The highest BCUT2D eigenvalue weighted by Gasteiger charge is 2.12. The van der Waals surface area contributed by atoms with Crippen LogP contribution in [0.2, 0.25) is 0 Å². The first kappa shape index (κ1) is 16.5. The molecule has 0 unspecified atom stereocenters. The predicted molar refractivity (Wildman–Crippen MR) is 82.7 cm³/mol. The monoisotopic (exact) mass is 319 g/mol. The zero-order chi connectivity index (χ0) is 17.0. The van der Waals surface area contributed by atoms with Gasteiger partial charge in [0, 0.05) is 17.0 Å². The van der Waals surface area contributed by atoms with Crippen LogP contribution in [0.15, 0.2) is 27.4 Å². The molecule has 0 radical (unpaired) electrons. The molecule has 2 aromatic rings. The second-order valence-electron chi connectivity index (χ2n) is 4.97. The zero-order valence-corrected chi connectivity index (χ0v) is 12.8. The quantitative estimate of drug-likeness (QED) is 0.776. The van der Waals surface area contributed by atoms with Gasteiger partial charge in [0.2, 0.25) is 0 Å². The summed E-state index contributed by atoms with van der Waals surface area (Å²) in [6, 6.07) is 4.93. The normalized spacial score (nSPS) is 10.5. The molecule has 122 valence electrons. The maximum atomic E-state index is 11.6. The lowest BCUT2D eigenvalue weighted by atomic mass is 10.0. The first-order chi connectivity index (χ1) is 10.9. The number of aliphatic carboxylic acids is 1. The van der Waals surface area contributed by atoms with Gasteiger partial charge < -0.3 is 19.6 Å². The summed E-state index contributed by atoms with van der Waals surface area (Å²) in [6.07, 6.45) is 0.694. The van der Waals surface area contributed by atoms with Crippen LogP contribution >= 0.6 is 0 Å². The number of hydrogen-bond acceptors (Lipinski definition) is 5. The van der Waals surface area contributed by atoms with E-state index < -0.39 is 24.0 Å². The van der Waals surface area contributed by atoms with Crippen molar-refractivity contribution >= 4 is 22.8 Å². The summed E-state index contributed by atoms with van der Waals surface area (Å²) in [7, 11) is 0. The summed E-state index contributed by atoms with van der Waals surface area (Å²) in [5, 5.41) is 11.5. The Labute approximate surface area is 131 Å². The average molecular weight is 319 g/mol. The second-order valence-corrected chi connectivity index (χ2v) is 4.97.